The Morgan fingerprint density at radius 1 is 1.27 bits per heavy atom. The van der Waals surface area contributed by atoms with E-state index < -0.39 is 0 Å². The van der Waals surface area contributed by atoms with Crippen LogP contribution < -0.4 is 5.32 Å². The van der Waals surface area contributed by atoms with E-state index in [9.17, 15) is 0 Å². The Kier molecular flexibility index (Phi) is 10.3. The van der Waals surface area contributed by atoms with Gasteiger partial charge < -0.3 is 15.0 Å². The van der Waals surface area contributed by atoms with Crippen molar-refractivity contribution < 1.29 is 4.74 Å². The molecule has 0 aromatic rings. The van der Waals surface area contributed by atoms with Gasteiger partial charge in [-0.3, -0.25) is 0 Å². The highest BCUT2D eigenvalue weighted by atomic mass is 16.5. The van der Waals surface area contributed by atoms with E-state index in [1.165, 1.54) is 13.0 Å². The van der Waals surface area contributed by atoms with Crippen molar-refractivity contribution in [2.24, 2.45) is 5.92 Å². The van der Waals surface area contributed by atoms with E-state index in [2.05, 4.69) is 31.0 Å². The van der Waals surface area contributed by atoms with Crippen LogP contribution in [-0.4, -0.2) is 51.3 Å². The third-order valence-corrected chi connectivity index (χ3v) is 2.54. The topological polar surface area (TPSA) is 24.5 Å². The number of ether oxygens (including phenoxy) is 1. The number of hydrogen-bond donors (Lipinski definition) is 1. The maximum Gasteiger partial charge on any atom is 0.0499 e. The fourth-order valence-electron chi connectivity index (χ4n) is 1.67. The first kappa shape index (κ1) is 14.9. The van der Waals surface area contributed by atoms with E-state index in [-0.39, 0.29) is 0 Å². The van der Waals surface area contributed by atoms with Crippen LogP contribution >= 0.6 is 0 Å². The van der Waals surface area contributed by atoms with E-state index in [4.69, 9.17) is 4.74 Å². The lowest BCUT2D eigenvalue weighted by molar-refractivity contribution is 0.158. The van der Waals surface area contributed by atoms with Crippen molar-refractivity contribution in [1.29, 1.82) is 0 Å². The van der Waals surface area contributed by atoms with Gasteiger partial charge in [0, 0.05) is 26.8 Å². The molecule has 3 heteroatoms. The first-order valence-electron chi connectivity index (χ1n) is 6.16. The second-order valence-electron chi connectivity index (χ2n) is 4.20. The largest absolute Gasteiger partial charge is 0.384 e. The lowest BCUT2D eigenvalue weighted by atomic mass is 10.2. The molecule has 0 spiro atoms. The van der Waals surface area contributed by atoms with Crippen LogP contribution in [0, 0.1) is 5.92 Å². The number of hydrogen-bond acceptors (Lipinski definition) is 3. The van der Waals surface area contributed by atoms with E-state index in [0.29, 0.717) is 5.92 Å². The molecule has 0 aromatic carbocycles. The van der Waals surface area contributed by atoms with Gasteiger partial charge in [0.15, 0.2) is 0 Å². The summed E-state index contributed by atoms with van der Waals surface area (Å²) in [6.45, 7) is 13.2. The monoisotopic (exact) mass is 216 g/mol. The van der Waals surface area contributed by atoms with Crippen LogP contribution in [0.25, 0.3) is 0 Å². The third kappa shape index (κ3) is 8.85. The predicted molar refractivity (Wildman–Crippen MR) is 66.3 cm³/mol. The molecule has 0 fully saturated rings. The lowest BCUT2D eigenvalue weighted by Crippen LogP contribution is -2.34. The number of likely N-dealkylation sites (N-methyl/N-ethyl adjacent to an activating group) is 1. The Hall–Kier alpha value is -0.120. The number of nitrogens with zero attached hydrogens (tertiary/aromatic N) is 1. The molecule has 3 nitrogen and oxygen atoms in total. The van der Waals surface area contributed by atoms with Crippen molar-refractivity contribution in [2.75, 3.05) is 46.4 Å². The van der Waals surface area contributed by atoms with Gasteiger partial charge in [-0.05, 0) is 32.0 Å². The summed E-state index contributed by atoms with van der Waals surface area (Å²) < 4.78 is 5.09. The minimum absolute atomic E-state index is 0.608. The van der Waals surface area contributed by atoms with Crippen molar-refractivity contribution in [2.45, 2.75) is 27.2 Å². The molecule has 92 valence electrons. The molecular formula is C12H28N2O. The molecule has 0 rings (SSSR count). The Morgan fingerprint density at radius 3 is 2.53 bits per heavy atom. The predicted octanol–water partition coefficient (Wildman–Crippen LogP) is 1.59. The van der Waals surface area contributed by atoms with Crippen molar-refractivity contribution in [1.82, 2.24) is 10.2 Å². The van der Waals surface area contributed by atoms with Gasteiger partial charge in [-0.25, -0.2) is 0 Å². The Morgan fingerprint density at radius 2 is 2.00 bits per heavy atom. The molecule has 0 aliphatic rings. The van der Waals surface area contributed by atoms with E-state index in [1.54, 1.807) is 7.11 Å². The molecule has 0 aliphatic carbocycles. The highest BCUT2D eigenvalue weighted by molar-refractivity contribution is 4.60. The number of nitrogens with one attached hydrogen (secondary N) is 1. The molecule has 1 unspecified atom stereocenters. The van der Waals surface area contributed by atoms with Crippen molar-refractivity contribution >= 4 is 0 Å². The molecule has 1 N–H and O–H groups in total. The summed E-state index contributed by atoms with van der Waals surface area (Å²) in [5.74, 6) is 0.608. The molecule has 0 amide bonds. The van der Waals surface area contributed by atoms with Crippen LogP contribution in [0.4, 0.5) is 0 Å². The molecule has 0 saturated heterocycles. The van der Waals surface area contributed by atoms with Gasteiger partial charge in [0.25, 0.3) is 0 Å². The minimum atomic E-state index is 0.608. The van der Waals surface area contributed by atoms with Gasteiger partial charge in [0.1, 0.15) is 0 Å². The van der Waals surface area contributed by atoms with Crippen molar-refractivity contribution in [3.05, 3.63) is 0 Å². The van der Waals surface area contributed by atoms with Crippen molar-refractivity contribution in [3.8, 4) is 0 Å². The lowest BCUT2D eigenvalue weighted by Gasteiger charge is -2.20. The molecule has 15 heavy (non-hydrogen) atoms. The summed E-state index contributed by atoms with van der Waals surface area (Å²) in [5, 5.41) is 3.47. The molecule has 0 bridgehead atoms. The zero-order valence-corrected chi connectivity index (χ0v) is 10.9. The molecule has 1 atom stereocenters. The summed E-state index contributed by atoms with van der Waals surface area (Å²) in [4.78, 5) is 2.48. The van der Waals surface area contributed by atoms with Gasteiger partial charge in [-0.2, -0.15) is 0 Å². The van der Waals surface area contributed by atoms with Gasteiger partial charge in [-0.1, -0.05) is 20.8 Å². The van der Waals surface area contributed by atoms with Crippen molar-refractivity contribution in [3.63, 3.8) is 0 Å². The standard InChI is InChI=1S/C12H28N2O/c1-5-8-14(6-2)9-7-13-10-12(3)11-15-4/h12-13H,5-11H2,1-4H3. The first-order valence-corrected chi connectivity index (χ1v) is 6.16. The van der Waals surface area contributed by atoms with Crippen LogP contribution in [0.3, 0.4) is 0 Å². The maximum absolute atomic E-state index is 5.09. The Bertz CT molecular complexity index is 131. The van der Waals surface area contributed by atoms with Gasteiger partial charge >= 0.3 is 0 Å². The van der Waals surface area contributed by atoms with E-state index in [0.717, 1.165) is 32.8 Å². The van der Waals surface area contributed by atoms with E-state index >= 15 is 0 Å². The minimum Gasteiger partial charge on any atom is -0.384 e. The summed E-state index contributed by atoms with van der Waals surface area (Å²) in [6.07, 6.45) is 1.24. The summed E-state index contributed by atoms with van der Waals surface area (Å²) in [6, 6.07) is 0. The second-order valence-corrected chi connectivity index (χ2v) is 4.20. The van der Waals surface area contributed by atoms with Gasteiger partial charge in [-0.15, -0.1) is 0 Å². The molecule has 0 aromatic heterocycles. The quantitative estimate of drug-likeness (QED) is 0.561. The van der Waals surface area contributed by atoms with Crippen LogP contribution in [-0.2, 0) is 4.74 Å². The second kappa shape index (κ2) is 10.4. The average molecular weight is 216 g/mol. The number of rotatable bonds is 10. The van der Waals surface area contributed by atoms with E-state index in [1.807, 2.05) is 0 Å². The SMILES string of the molecule is CCCN(CC)CCNCC(C)COC. The Balaban J connectivity index is 3.35. The highest BCUT2D eigenvalue weighted by Gasteiger charge is 2.02. The first-order chi connectivity index (χ1) is 7.24. The molecular weight excluding hydrogens is 188 g/mol. The van der Waals surface area contributed by atoms with Crippen LogP contribution in [0.15, 0.2) is 0 Å². The molecule has 0 saturated carbocycles. The summed E-state index contributed by atoms with van der Waals surface area (Å²) >= 11 is 0. The molecule has 0 aliphatic heterocycles. The smallest absolute Gasteiger partial charge is 0.0499 e. The Labute approximate surface area is 95.2 Å². The van der Waals surface area contributed by atoms with Crippen LogP contribution in [0.2, 0.25) is 0 Å². The number of methoxy groups -OCH3 is 1. The van der Waals surface area contributed by atoms with Crippen LogP contribution in [0.5, 0.6) is 0 Å². The average Bonchev–Trinajstić information content (AvgIpc) is 2.23. The fraction of sp³-hybridized carbons (Fsp3) is 1.00. The zero-order chi connectivity index (χ0) is 11.5. The highest BCUT2D eigenvalue weighted by Crippen LogP contribution is 1.93. The third-order valence-electron chi connectivity index (χ3n) is 2.54. The fourth-order valence-corrected chi connectivity index (χ4v) is 1.67. The summed E-state index contributed by atoms with van der Waals surface area (Å²) in [7, 11) is 1.76. The normalized spacial score (nSPS) is 13.4. The van der Waals surface area contributed by atoms with Crippen LogP contribution in [0.1, 0.15) is 27.2 Å². The maximum atomic E-state index is 5.09. The van der Waals surface area contributed by atoms with Gasteiger partial charge in [0.2, 0.25) is 0 Å². The summed E-state index contributed by atoms with van der Waals surface area (Å²) in [5.41, 5.74) is 0. The zero-order valence-electron chi connectivity index (χ0n) is 10.9. The molecule has 0 radical (unpaired) electrons. The molecule has 0 heterocycles. The van der Waals surface area contributed by atoms with Gasteiger partial charge in [0.05, 0.1) is 0 Å².